The molecule has 196 valence electrons. The van der Waals surface area contributed by atoms with Gasteiger partial charge in [-0.05, 0) is 10.8 Å². The zero-order valence-electron chi connectivity index (χ0n) is 24.2. The standard InChI is InChI=1S/C21H25.C11H17.CH2.2ClH.Zr/c1-20(2,3)16-7-9-18-14(12-16)11-15-13-17(21(4,5)6)8-10-19(15)18;1-8-6-9(2)10(7-8)11(3,4)5;;;;/h7-13H,1-6H3;7-8H,1-5H3;1H2;2*1H;/q2*-1;;;;+2/p-2. The molecule has 0 saturated heterocycles. The van der Waals surface area contributed by atoms with Gasteiger partial charge in [0, 0.05) is 0 Å². The van der Waals surface area contributed by atoms with Gasteiger partial charge in [-0.15, -0.1) is 39.7 Å². The molecule has 4 rings (SSSR count). The van der Waals surface area contributed by atoms with E-state index >= 15 is 0 Å². The largest absolute Gasteiger partial charge is 1.00 e. The third-order valence-electron chi connectivity index (χ3n) is 6.51. The fraction of sp³-hybridized carbons (Fsp3) is 0.455. The van der Waals surface area contributed by atoms with E-state index in [1.165, 1.54) is 68.1 Å². The van der Waals surface area contributed by atoms with Crippen LogP contribution in [-0.4, -0.2) is 4.21 Å². The second-order valence-electron chi connectivity index (χ2n) is 12.6. The third-order valence-corrected chi connectivity index (χ3v) is 6.51. The van der Waals surface area contributed by atoms with Gasteiger partial charge in [0.25, 0.3) is 0 Å². The van der Waals surface area contributed by atoms with Crippen LogP contribution in [0.3, 0.4) is 0 Å². The molecule has 1 atom stereocenters. The van der Waals surface area contributed by atoms with Crippen LogP contribution in [0.2, 0.25) is 0 Å². The van der Waals surface area contributed by atoms with Crippen LogP contribution < -0.4 is 24.8 Å². The summed E-state index contributed by atoms with van der Waals surface area (Å²) in [7, 11) is 0. The van der Waals surface area contributed by atoms with Crippen LogP contribution >= 0.6 is 0 Å². The van der Waals surface area contributed by atoms with E-state index in [2.05, 4.69) is 135 Å². The molecule has 0 fully saturated rings. The molecular weight excluding hydrogens is 558 g/mol. The maximum Gasteiger partial charge on any atom is -1.00 e. The van der Waals surface area contributed by atoms with Crippen molar-refractivity contribution in [3.8, 4) is 0 Å². The average molecular weight is 603 g/mol. The van der Waals surface area contributed by atoms with E-state index in [0.29, 0.717) is 11.3 Å². The van der Waals surface area contributed by atoms with Gasteiger partial charge >= 0.3 is 28.4 Å². The van der Waals surface area contributed by atoms with Crippen LogP contribution in [-0.2, 0) is 35.1 Å². The van der Waals surface area contributed by atoms with Crippen molar-refractivity contribution in [1.82, 2.24) is 0 Å². The van der Waals surface area contributed by atoms with Gasteiger partial charge < -0.3 is 24.8 Å². The zero-order valence-corrected chi connectivity index (χ0v) is 28.1. The maximum absolute atomic E-state index is 3.40. The van der Waals surface area contributed by atoms with Crippen LogP contribution in [0.25, 0.3) is 21.5 Å². The Balaban J connectivity index is 0.000000701. The van der Waals surface area contributed by atoms with E-state index in [9.17, 15) is 0 Å². The minimum Gasteiger partial charge on any atom is -1.00 e. The molecule has 1 aliphatic carbocycles. The first-order valence-corrected chi connectivity index (χ1v) is 14.1. The molecule has 0 bridgehead atoms. The van der Waals surface area contributed by atoms with Crippen LogP contribution in [0.1, 0.15) is 87.3 Å². The second-order valence-corrected chi connectivity index (χ2v) is 12.6. The molecule has 1 unspecified atom stereocenters. The van der Waals surface area contributed by atoms with E-state index in [0.717, 1.165) is 0 Å². The SMILES string of the molecule is CC(C)(C)c1ccc2c(c1)[cH-]c1cc(C(C)(C)C)ccc12.CC1=[C-]C(C)C=C1C(C)(C)C.[CH2]=[Zr+2].[Cl-].[Cl-]. The number of halogens is 2. The van der Waals surface area contributed by atoms with Crippen molar-refractivity contribution in [2.45, 2.75) is 87.0 Å². The first kappa shape index (κ1) is 35.1. The summed E-state index contributed by atoms with van der Waals surface area (Å²) in [5, 5.41) is 5.48. The fourth-order valence-electron chi connectivity index (χ4n) is 4.60. The molecular formula is C33H44Cl2Zr-2. The van der Waals surface area contributed by atoms with Crippen LogP contribution in [0.4, 0.5) is 0 Å². The quantitative estimate of drug-likeness (QED) is 0.345. The molecule has 0 saturated carbocycles. The summed E-state index contributed by atoms with van der Waals surface area (Å²) in [6, 6.07) is 16.2. The fourth-order valence-corrected chi connectivity index (χ4v) is 4.60. The Morgan fingerprint density at radius 3 is 1.36 bits per heavy atom. The number of fused-ring (bicyclic) bond motifs is 3. The number of hydrogen-bond acceptors (Lipinski definition) is 0. The summed E-state index contributed by atoms with van der Waals surface area (Å²) in [6.45, 7) is 24.7. The summed E-state index contributed by atoms with van der Waals surface area (Å²) in [6.07, 6.45) is 5.71. The first-order valence-electron chi connectivity index (χ1n) is 12.4. The molecule has 0 spiro atoms. The average Bonchev–Trinajstić information content (AvgIpc) is 3.26. The molecule has 0 radical (unpaired) electrons. The van der Waals surface area contributed by atoms with Gasteiger partial charge in [0.15, 0.2) is 0 Å². The number of benzene rings is 2. The van der Waals surface area contributed by atoms with Gasteiger partial charge in [-0.25, -0.2) is 5.57 Å². The monoisotopic (exact) mass is 600 g/mol. The molecule has 0 nitrogen and oxygen atoms in total. The number of rotatable bonds is 0. The van der Waals surface area contributed by atoms with Crippen molar-refractivity contribution in [3.05, 3.63) is 76.9 Å². The van der Waals surface area contributed by atoms with Crippen molar-refractivity contribution in [2.24, 2.45) is 11.3 Å². The summed E-state index contributed by atoms with van der Waals surface area (Å²) in [5.74, 6) is 0.518. The van der Waals surface area contributed by atoms with Gasteiger partial charge in [-0.2, -0.15) is 11.6 Å². The van der Waals surface area contributed by atoms with E-state index in [4.69, 9.17) is 0 Å². The zero-order chi connectivity index (χ0) is 26.1. The topological polar surface area (TPSA) is 0 Å². The van der Waals surface area contributed by atoms with E-state index in [1.54, 1.807) is 0 Å². The summed E-state index contributed by atoms with van der Waals surface area (Å²) < 4.78 is 3.34. The maximum atomic E-state index is 3.40. The molecule has 0 aromatic heterocycles. The second kappa shape index (κ2) is 13.3. The van der Waals surface area contributed by atoms with E-state index in [1.807, 2.05) is 0 Å². The summed E-state index contributed by atoms with van der Waals surface area (Å²) >= 11 is 1.30. The van der Waals surface area contributed by atoms with Crippen molar-refractivity contribution < 1.29 is 49.0 Å². The summed E-state index contributed by atoms with van der Waals surface area (Å²) in [4.78, 5) is 0. The Labute approximate surface area is 248 Å². The number of allylic oxidation sites excluding steroid dienone is 4. The van der Waals surface area contributed by atoms with Crippen molar-refractivity contribution in [2.75, 3.05) is 0 Å². The first-order chi connectivity index (χ1) is 15.6. The van der Waals surface area contributed by atoms with Crippen molar-refractivity contribution in [1.29, 1.82) is 0 Å². The minimum absolute atomic E-state index is 0. The van der Waals surface area contributed by atoms with Gasteiger partial charge in [0.05, 0.1) is 0 Å². The Morgan fingerprint density at radius 2 is 1.11 bits per heavy atom. The van der Waals surface area contributed by atoms with Gasteiger partial charge in [-0.3, -0.25) is 6.08 Å². The van der Waals surface area contributed by atoms with Crippen molar-refractivity contribution >= 4 is 25.8 Å². The summed E-state index contributed by atoms with van der Waals surface area (Å²) in [5.41, 5.74) is 6.31. The molecule has 0 aliphatic heterocycles. The third kappa shape index (κ3) is 8.58. The normalized spacial score (nSPS) is 15.5. The molecule has 36 heavy (non-hydrogen) atoms. The van der Waals surface area contributed by atoms with Crippen LogP contribution in [0.15, 0.2) is 59.7 Å². The van der Waals surface area contributed by atoms with E-state index in [-0.39, 0.29) is 35.6 Å². The number of hydrogen-bond donors (Lipinski definition) is 0. The van der Waals surface area contributed by atoms with Crippen LogP contribution in [0.5, 0.6) is 0 Å². The molecule has 3 aromatic rings. The van der Waals surface area contributed by atoms with Gasteiger partial charge in [0.1, 0.15) is 0 Å². The van der Waals surface area contributed by atoms with E-state index < -0.39 is 0 Å². The minimum atomic E-state index is 0. The molecule has 0 N–H and O–H groups in total. The predicted octanol–water partition coefficient (Wildman–Crippen LogP) is 3.64. The Hall–Kier alpha value is -0.877. The smallest absolute Gasteiger partial charge is 1.00 e. The van der Waals surface area contributed by atoms with Gasteiger partial charge in [-0.1, -0.05) is 123 Å². The molecule has 1 aliphatic rings. The Bertz CT molecular complexity index is 1140. The molecule has 3 heteroatoms. The van der Waals surface area contributed by atoms with Gasteiger partial charge in [0.2, 0.25) is 0 Å². The predicted molar refractivity (Wildman–Crippen MR) is 151 cm³/mol. The Kier molecular flexibility index (Phi) is 12.9. The molecule has 3 aromatic carbocycles. The Morgan fingerprint density at radius 1 is 0.722 bits per heavy atom. The molecule has 0 heterocycles. The van der Waals surface area contributed by atoms with Crippen LogP contribution in [0, 0.1) is 17.4 Å². The molecule has 0 amide bonds. The van der Waals surface area contributed by atoms with Crippen molar-refractivity contribution in [3.63, 3.8) is 0 Å².